The number of hydrogen-bond acceptors (Lipinski definition) is 5. The standard InChI is InChI=1S/C21H24N4O4/c1-4-5-10-29-21(28)15-6-8-16(9-7-15)23-19(26)11-17-13(2)22-18-12-20(27)24-25(18)14(17)3/h6-9,12H,4-5,10-11H2,1-3H3,(H,23,26)(H,24,27). The topological polar surface area (TPSA) is 106 Å². The first-order valence-electron chi connectivity index (χ1n) is 9.54. The predicted molar refractivity (Wildman–Crippen MR) is 109 cm³/mol. The fourth-order valence-corrected chi connectivity index (χ4v) is 3.06. The van der Waals surface area contributed by atoms with E-state index < -0.39 is 0 Å². The monoisotopic (exact) mass is 396 g/mol. The Morgan fingerprint density at radius 3 is 2.62 bits per heavy atom. The molecule has 0 aliphatic heterocycles. The van der Waals surface area contributed by atoms with E-state index in [2.05, 4.69) is 15.4 Å². The highest BCUT2D eigenvalue weighted by atomic mass is 16.5. The molecule has 152 valence electrons. The number of aromatic nitrogens is 3. The van der Waals surface area contributed by atoms with Gasteiger partial charge in [0, 0.05) is 28.7 Å². The van der Waals surface area contributed by atoms with Gasteiger partial charge in [-0.2, -0.15) is 0 Å². The number of ether oxygens (including phenoxy) is 1. The van der Waals surface area contributed by atoms with Crippen molar-refractivity contribution in [3.8, 4) is 0 Å². The largest absolute Gasteiger partial charge is 0.462 e. The van der Waals surface area contributed by atoms with Crippen molar-refractivity contribution in [2.24, 2.45) is 0 Å². The number of benzene rings is 1. The minimum absolute atomic E-state index is 0.113. The molecule has 0 saturated heterocycles. The lowest BCUT2D eigenvalue weighted by molar-refractivity contribution is -0.115. The van der Waals surface area contributed by atoms with Crippen molar-refractivity contribution in [2.75, 3.05) is 11.9 Å². The van der Waals surface area contributed by atoms with E-state index in [9.17, 15) is 14.4 Å². The Morgan fingerprint density at radius 1 is 1.21 bits per heavy atom. The normalized spacial score (nSPS) is 10.9. The summed E-state index contributed by atoms with van der Waals surface area (Å²) in [5.41, 5.74) is 3.51. The van der Waals surface area contributed by atoms with E-state index in [0.29, 0.717) is 29.2 Å². The van der Waals surface area contributed by atoms with Gasteiger partial charge in [-0.1, -0.05) is 13.3 Å². The summed E-state index contributed by atoms with van der Waals surface area (Å²) in [5, 5.41) is 5.49. The van der Waals surface area contributed by atoms with Gasteiger partial charge in [-0.3, -0.25) is 14.7 Å². The number of rotatable bonds is 7. The molecule has 0 saturated carbocycles. The van der Waals surface area contributed by atoms with Crippen LogP contribution in [-0.4, -0.2) is 33.1 Å². The van der Waals surface area contributed by atoms with Crippen LogP contribution in [0.25, 0.3) is 5.65 Å². The van der Waals surface area contributed by atoms with Crippen molar-refractivity contribution in [3.63, 3.8) is 0 Å². The Balaban J connectivity index is 1.67. The maximum atomic E-state index is 12.5. The molecule has 3 aromatic rings. The van der Waals surface area contributed by atoms with E-state index in [1.54, 1.807) is 28.8 Å². The number of hydrogen-bond donors (Lipinski definition) is 2. The summed E-state index contributed by atoms with van der Waals surface area (Å²) in [6.07, 6.45) is 1.90. The molecule has 1 aromatic carbocycles. The molecule has 0 bridgehead atoms. The van der Waals surface area contributed by atoms with Gasteiger partial charge < -0.3 is 10.1 Å². The number of nitrogens with zero attached hydrogens (tertiary/aromatic N) is 2. The highest BCUT2D eigenvalue weighted by Gasteiger charge is 2.15. The summed E-state index contributed by atoms with van der Waals surface area (Å²) >= 11 is 0. The summed E-state index contributed by atoms with van der Waals surface area (Å²) in [7, 11) is 0. The molecule has 2 N–H and O–H groups in total. The number of nitrogens with one attached hydrogen (secondary N) is 2. The average Bonchev–Trinajstić information content (AvgIpc) is 3.06. The summed E-state index contributed by atoms with van der Waals surface area (Å²) in [4.78, 5) is 40.4. The van der Waals surface area contributed by atoms with Crippen molar-refractivity contribution < 1.29 is 14.3 Å². The quantitative estimate of drug-likeness (QED) is 0.472. The Labute approximate surface area is 167 Å². The molecular formula is C21H24N4O4. The number of esters is 1. The highest BCUT2D eigenvalue weighted by molar-refractivity contribution is 5.94. The molecule has 0 aliphatic rings. The Bertz CT molecular complexity index is 1100. The lowest BCUT2D eigenvalue weighted by Gasteiger charge is -2.12. The molecule has 3 rings (SSSR count). The first kappa shape index (κ1) is 20.3. The van der Waals surface area contributed by atoms with Gasteiger partial charge in [0.1, 0.15) is 0 Å². The van der Waals surface area contributed by atoms with Crippen LogP contribution in [0.5, 0.6) is 0 Å². The molecule has 0 unspecified atom stereocenters. The Kier molecular flexibility index (Phi) is 6.11. The number of aryl methyl sites for hydroxylation is 2. The highest BCUT2D eigenvalue weighted by Crippen LogP contribution is 2.16. The molecule has 2 heterocycles. The van der Waals surface area contributed by atoms with Crippen LogP contribution in [0.2, 0.25) is 0 Å². The van der Waals surface area contributed by atoms with E-state index in [-0.39, 0.29) is 23.9 Å². The van der Waals surface area contributed by atoms with Gasteiger partial charge >= 0.3 is 5.97 Å². The van der Waals surface area contributed by atoms with E-state index in [0.717, 1.165) is 24.1 Å². The number of carbonyl (C=O) groups is 2. The van der Waals surface area contributed by atoms with Gasteiger partial charge in [0.2, 0.25) is 5.91 Å². The van der Waals surface area contributed by atoms with Crippen molar-refractivity contribution >= 4 is 23.2 Å². The molecule has 0 aliphatic carbocycles. The first-order chi connectivity index (χ1) is 13.9. The van der Waals surface area contributed by atoms with Gasteiger partial charge in [-0.25, -0.2) is 14.3 Å². The fraction of sp³-hybridized carbons (Fsp3) is 0.333. The predicted octanol–water partition coefficient (Wildman–Crippen LogP) is 2.78. The summed E-state index contributed by atoms with van der Waals surface area (Å²) in [6.45, 7) is 6.07. The lowest BCUT2D eigenvalue weighted by atomic mass is 10.1. The van der Waals surface area contributed by atoms with Gasteiger partial charge in [0.05, 0.1) is 18.6 Å². The first-order valence-corrected chi connectivity index (χ1v) is 9.54. The minimum atomic E-state index is -0.373. The van der Waals surface area contributed by atoms with Crippen molar-refractivity contribution in [3.05, 3.63) is 63.2 Å². The fourth-order valence-electron chi connectivity index (χ4n) is 3.06. The number of unbranched alkanes of at least 4 members (excludes halogenated alkanes) is 1. The number of amides is 1. The van der Waals surface area contributed by atoms with Crippen molar-refractivity contribution in [1.29, 1.82) is 0 Å². The summed E-state index contributed by atoms with van der Waals surface area (Å²) in [5.74, 6) is -0.590. The molecule has 0 atom stereocenters. The molecule has 2 aromatic heterocycles. The van der Waals surface area contributed by atoms with Crippen LogP contribution >= 0.6 is 0 Å². The molecule has 29 heavy (non-hydrogen) atoms. The number of fused-ring (bicyclic) bond motifs is 1. The second-order valence-corrected chi connectivity index (χ2v) is 6.87. The number of anilines is 1. The Hall–Kier alpha value is -3.42. The molecule has 0 radical (unpaired) electrons. The van der Waals surface area contributed by atoms with Crippen LogP contribution < -0.4 is 10.9 Å². The van der Waals surface area contributed by atoms with Crippen LogP contribution in [0.1, 0.15) is 47.1 Å². The Morgan fingerprint density at radius 2 is 1.93 bits per heavy atom. The maximum absolute atomic E-state index is 12.5. The zero-order chi connectivity index (χ0) is 21.0. The van der Waals surface area contributed by atoms with Crippen LogP contribution in [-0.2, 0) is 16.0 Å². The molecule has 1 amide bonds. The van der Waals surface area contributed by atoms with Crippen LogP contribution in [0.4, 0.5) is 5.69 Å². The summed E-state index contributed by atoms with van der Waals surface area (Å²) < 4.78 is 6.75. The van der Waals surface area contributed by atoms with Crippen molar-refractivity contribution in [1.82, 2.24) is 14.6 Å². The van der Waals surface area contributed by atoms with Crippen LogP contribution in [0.15, 0.2) is 35.1 Å². The second-order valence-electron chi connectivity index (χ2n) is 6.87. The third kappa shape index (κ3) is 4.71. The SMILES string of the molecule is CCCCOC(=O)c1ccc(NC(=O)Cc2c(C)nc3cc(=O)[nH]n3c2C)cc1. The molecule has 8 nitrogen and oxygen atoms in total. The van der Waals surface area contributed by atoms with Crippen molar-refractivity contribution in [2.45, 2.75) is 40.0 Å². The van der Waals surface area contributed by atoms with E-state index in [4.69, 9.17) is 4.74 Å². The van der Waals surface area contributed by atoms with Gasteiger partial charge in [-0.15, -0.1) is 0 Å². The van der Waals surface area contributed by atoms with E-state index in [1.807, 2.05) is 20.8 Å². The molecular weight excluding hydrogens is 372 g/mol. The van der Waals surface area contributed by atoms with Crippen LogP contribution in [0.3, 0.4) is 0 Å². The maximum Gasteiger partial charge on any atom is 0.338 e. The minimum Gasteiger partial charge on any atom is -0.462 e. The van der Waals surface area contributed by atoms with Crippen LogP contribution in [0, 0.1) is 13.8 Å². The van der Waals surface area contributed by atoms with Gasteiger partial charge in [0.15, 0.2) is 5.65 Å². The van der Waals surface area contributed by atoms with E-state index in [1.165, 1.54) is 6.07 Å². The number of aromatic amines is 1. The van der Waals surface area contributed by atoms with E-state index >= 15 is 0 Å². The average molecular weight is 396 g/mol. The smallest absolute Gasteiger partial charge is 0.338 e. The number of H-pyrrole nitrogens is 1. The zero-order valence-electron chi connectivity index (χ0n) is 16.7. The number of carbonyl (C=O) groups excluding carboxylic acids is 2. The third-order valence-electron chi connectivity index (χ3n) is 4.68. The third-order valence-corrected chi connectivity index (χ3v) is 4.68. The molecule has 0 spiro atoms. The molecule has 8 heteroatoms. The second kappa shape index (κ2) is 8.72. The lowest BCUT2D eigenvalue weighted by Crippen LogP contribution is -2.18. The summed E-state index contributed by atoms with van der Waals surface area (Å²) in [6, 6.07) is 7.99. The molecule has 0 fully saturated rings. The zero-order valence-corrected chi connectivity index (χ0v) is 16.7. The van der Waals surface area contributed by atoms with Gasteiger partial charge in [-0.05, 0) is 44.5 Å². The van der Waals surface area contributed by atoms with Gasteiger partial charge in [0.25, 0.3) is 5.56 Å².